The highest BCUT2D eigenvalue weighted by atomic mass is 79.9. The molecule has 0 spiro atoms. The smallest absolute Gasteiger partial charge is 0.133 e. The van der Waals surface area contributed by atoms with Crippen molar-refractivity contribution < 1.29 is 4.74 Å². The molecule has 0 radical (unpaired) electrons. The van der Waals surface area contributed by atoms with Gasteiger partial charge < -0.3 is 4.74 Å². The molecule has 0 N–H and O–H groups in total. The van der Waals surface area contributed by atoms with Gasteiger partial charge in [0.2, 0.25) is 0 Å². The van der Waals surface area contributed by atoms with Crippen molar-refractivity contribution in [2.45, 2.75) is 25.1 Å². The molecule has 0 atom stereocenters. The molecule has 0 aromatic heterocycles. The number of aryl methyl sites for hydroxylation is 1. The van der Waals surface area contributed by atoms with Gasteiger partial charge in [0.1, 0.15) is 5.75 Å². The van der Waals surface area contributed by atoms with E-state index in [4.69, 9.17) is 16.3 Å². The highest BCUT2D eigenvalue weighted by Gasteiger charge is 2.02. The van der Waals surface area contributed by atoms with Crippen LogP contribution in [0.5, 0.6) is 5.75 Å². The van der Waals surface area contributed by atoms with Crippen LogP contribution in [0.2, 0.25) is 0 Å². The fraction of sp³-hybridized carbons (Fsp3) is 0.294. The van der Waals surface area contributed by atoms with E-state index in [-0.39, 0.29) is 0 Å². The molecule has 2 rings (SSSR count). The number of halogens is 2. The largest absolute Gasteiger partial charge is 0.492 e. The van der Waals surface area contributed by atoms with Gasteiger partial charge in [0.15, 0.2) is 0 Å². The first kappa shape index (κ1) is 15.4. The number of hydrogen-bond donors (Lipinski definition) is 0. The first-order chi connectivity index (χ1) is 9.79. The van der Waals surface area contributed by atoms with Crippen LogP contribution in [0.3, 0.4) is 0 Å². The summed E-state index contributed by atoms with van der Waals surface area (Å²) in [4.78, 5) is 0. The summed E-state index contributed by atoms with van der Waals surface area (Å²) in [6.45, 7) is 0.742. The number of benzene rings is 2. The van der Waals surface area contributed by atoms with Crippen molar-refractivity contribution in [3.8, 4) is 5.75 Å². The van der Waals surface area contributed by atoms with Crippen molar-refractivity contribution >= 4 is 27.5 Å². The summed E-state index contributed by atoms with van der Waals surface area (Å²) in [5.74, 6) is 1.41. The van der Waals surface area contributed by atoms with Gasteiger partial charge in [0.25, 0.3) is 0 Å². The maximum Gasteiger partial charge on any atom is 0.133 e. The molecular weight excluding hydrogens is 336 g/mol. The van der Waals surface area contributed by atoms with Crippen LogP contribution in [-0.2, 0) is 12.3 Å². The quantitative estimate of drug-likeness (QED) is 0.466. The molecule has 0 fully saturated rings. The van der Waals surface area contributed by atoms with Gasteiger partial charge in [-0.2, -0.15) is 0 Å². The normalized spacial score (nSPS) is 10.5. The molecule has 1 nitrogen and oxygen atoms in total. The second kappa shape index (κ2) is 8.33. The second-order valence-corrected chi connectivity index (χ2v) is 5.81. The Morgan fingerprint density at radius 1 is 0.950 bits per heavy atom. The molecule has 0 saturated carbocycles. The second-order valence-electron chi connectivity index (χ2n) is 4.69. The SMILES string of the molecule is ClCc1ccc(OCCCCc2ccccc2)c(Br)c1. The van der Waals surface area contributed by atoms with Crippen LogP contribution in [-0.4, -0.2) is 6.61 Å². The van der Waals surface area contributed by atoms with E-state index in [1.807, 2.05) is 18.2 Å². The van der Waals surface area contributed by atoms with Crippen LogP contribution in [0, 0.1) is 0 Å². The van der Waals surface area contributed by atoms with Crippen molar-refractivity contribution in [2.75, 3.05) is 6.61 Å². The first-order valence-electron chi connectivity index (χ1n) is 6.80. The summed E-state index contributed by atoms with van der Waals surface area (Å²) in [6.07, 6.45) is 3.30. The standard InChI is InChI=1S/C17H18BrClO/c18-16-12-15(13-19)9-10-17(16)20-11-5-4-8-14-6-2-1-3-7-14/h1-3,6-7,9-10,12H,4-5,8,11,13H2. The Balaban J connectivity index is 1.71. The van der Waals surface area contributed by atoms with E-state index in [2.05, 4.69) is 46.3 Å². The molecule has 106 valence electrons. The Bertz CT molecular complexity index is 528. The summed E-state index contributed by atoms with van der Waals surface area (Å²) in [6, 6.07) is 16.5. The number of ether oxygens (including phenoxy) is 1. The molecular formula is C17H18BrClO. The zero-order valence-corrected chi connectivity index (χ0v) is 13.7. The van der Waals surface area contributed by atoms with E-state index < -0.39 is 0 Å². The molecule has 2 aromatic rings. The maximum atomic E-state index is 5.79. The van der Waals surface area contributed by atoms with Gasteiger partial charge in [-0.1, -0.05) is 36.4 Å². The third-order valence-corrected chi connectivity index (χ3v) is 4.04. The maximum absolute atomic E-state index is 5.79. The van der Waals surface area contributed by atoms with Crippen molar-refractivity contribution in [3.05, 3.63) is 64.1 Å². The van der Waals surface area contributed by atoms with Gasteiger partial charge in [-0.3, -0.25) is 0 Å². The van der Waals surface area contributed by atoms with Crippen molar-refractivity contribution in [1.29, 1.82) is 0 Å². The minimum atomic E-state index is 0.524. The number of alkyl halides is 1. The van der Waals surface area contributed by atoms with E-state index in [1.54, 1.807) is 0 Å². The van der Waals surface area contributed by atoms with Crippen LogP contribution in [0.15, 0.2) is 53.0 Å². The number of unbranched alkanes of at least 4 members (excludes halogenated alkanes) is 1. The van der Waals surface area contributed by atoms with Crippen LogP contribution >= 0.6 is 27.5 Å². The van der Waals surface area contributed by atoms with Gasteiger partial charge in [-0.15, -0.1) is 11.6 Å². The Labute approximate surface area is 134 Å². The summed E-state index contributed by atoms with van der Waals surface area (Å²) < 4.78 is 6.76. The van der Waals surface area contributed by atoms with Gasteiger partial charge in [-0.25, -0.2) is 0 Å². The summed E-state index contributed by atoms with van der Waals surface area (Å²) in [5, 5.41) is 0. The first-order valence-corrected chi connectivity index (χ1v) is 8.13. The minimum absolute atomic E-state index is 0.524. The third kappa shape index (κ3) is 4.84. The zero-order valence-electron chi connectivity index (χ0n) is 11.3. The van der Waals surface area contributed by atoms with Crippen LogP contribution in [0.1, 0.15) is 24.0 Å². The summed E-state index contributed by atoms with van der Waals surface area (Å²) >= 11 is 9.30. The molecule has 2 aromatic carbocycles. The molecule has 0 aliphatic heterocycles. The van der Waals surface area contributed by atoms with E-state index in [9.17, 15) is 0 Å². The fourth-order valence-electron chi connectivity index (χ4n) is 2.00. The van der Waals surface area contributed by atoms with E-state index in [0.29, 0.717) is 5.88 Å². The molecule has 3 heteroatoms. The average Bonchev–Trinajstić information content (AvgIpc) is 2.49. The number of rotatable bonds is 7. The summed E-state index contributed by atoms with van der Waals surface area (Å²) in [7, 11) is 0. The van der Waals surface area contributed by atoms with Gasteiger partial charge in [0, 0.05) is 5.88 Å². The summed E-state index contributed by atoms with van der Waals surface area (Å²) in [5.41, 5.74) is 2.48. The predicted molar refractivity (Wildman–Crippen MR) is 88.6 cm³/mol. The van der Waals surface area contributed by atoms with Crippen molar-refractivity contribution in [2.24, 2.45) is 0 Å². The molecule has 0 heterocycles. The van der Waals surface area contributed by atoms with Crippen molar-refractivity contribution in [3.63, 3.8) is 0 Å². The molecule has 0 aliphatic rings. The van der Waals surface area contributed by atoms with E-state index in [1.165, 1.54) is 5.56 Å². The average molecular weight is 354 g/mol. The molecule has 0 aliphatic carbocycles. The Morgan fingerprint density at radius 2 is 1.75 bits per heavy atom. The molecule has 20 heavy (non-hydrogen) atoms. The monoisotopic (exact) mass is 352 g/mol. The van der Waals surface area contributed by atoms with E-state index in [0.717, 1.165) is 41.7 Å². The van der Waals surface area contributed by atoms with Gasteiger partial charge in [-0.05, 0) is 58.5 Å². The minimum Gasteiger partial charge on any atom is -0.492 e. The molecule has 0 amide bonds. The fourth-order valence-corrected chi connectivity index (χ4v) is 2.71. The highest BCUT2D eigenvalue weighted by molar-refractivity contribution is 9.10. The Hall–Kier alpha value is -0.990. The lowest BCUT2D eigenvalue weighted by Gasteiger charge is -2.09. The van der Waals surface area contributed by atoms with Crippen LogP contribution in [0.25, 0.3) is 0 Å². The lowest BCUT2D eigenvalue weighted by atomic mass is 10.1. The number of hydrogen-bond acceptors (Lipinski definition) is 1. The lowest BCUT2D eigenvalue weighted by molar-refractivity contribution is 0.305. The lowest BCUT2D eigenvalue weighted by Crippen LogP contribution is -1.99. The topological polar surface area (TPSA) is 9.23 Å². The van der Waals surface area contributed by atoms with Crippen LogP contribution in [0.4, 0.5) is 0 Å². The van der Waals surface area contributed by atoms with E-state index >= 15 is 0 Å². The Morgan fingerprint density at radius 3 is 2.45 bits per heavy atom. The van der Waals surface area contributed by atoms with Gasteiger partial charge in [0.05, 0.1) is 11.1 Å². The zero-order chi connectivity index (χ0) is 14.2. The van der Waals surface area contributed by atoms with Crippen molar-refractivity contribution in [1.82, 2.24) is 0 Å². The highest BCUT2D eigenvalue weighted by Crippen LogP contribution is 2.26. The Kier molecular flexibility index (Phi) is 6.41. The molecule has 0 saturated heterocycles. The molecule has 0 bridgehead atoms. The van der Waals surface area contributed by atoms with Crippen LogP contribution < -0.4 is 4.74 Å². The van der Waals surface area contributed by atoms with Gasteiger partial charge >= 0.3 is 0 Å². The molecule has 0 unspecified atom stereocenters. The predicted octanol–water partition coefficient (Wildman–Crippen LogP) is 5.59. The third-order valence-electron chi connectivity index (χ3n) is 3.11.